The third kappa shape index (κ3) is 6.93. The summed E-state index contributed by atoms with van der Waals surface area (Å²) in [6, 6.07) is 18.6. The molecule has 0 aliphatic rings. The number of benzene rings is 2. The number of hydrogen-bond donors (Lipinski definition) is 4. The minimum Gasteiger partial charge on any atom is -0.491 e. The summed E-state index contributed by atoms with van der Waals surface area (Å²) in [5.41, 5.74) is 11.1. The van der Waals surface area contributed by atoms with E-state index in [1.807, 2.05) is 54.1 Å². The number of hydrogen-bond acceptors (Lipinski definition) is 9. The van der Waals surface area contributed by atoms with Crippen molar-refractivity contribution in [2.24, 2.45) is 5.73 Å². The van der Waals surface area contributed by atoms with Gasteiger partial charge in [-0.1, -0.05) is 12.1 Å². The van der Waals surface area contributed by atoms with Gasteiger partial charge in [0, 0.05) is 33.3 Å². The highest BCUT2D eigenvalue weighted by atomic mass is 79.9. The molecule has 2 aromatic carbocycles. The molecule has 3 aromatic heterocycles. The van der Waals surface area contributed by atoms with Crippen molar-refractivity contribution >= 4 is 48.5 Å². The van der Waals surface area contributed by atoms with Crippen molar-refractivity contribution in [1.82, 2.24) is 24.7 Å². The predicted molar refractivity (Wildman–Crippen MR) is 166 cm³/mol. The summed E-state index contributed by atoms with van der Waals surface area (Å²) in [6.07, 6.45) is 2.60. The number of pyridine rings is 2. The Kier molecular flexibility index (Phi) is 8.52. The van der Waals surface area contributed by atoms with Crippen LogP contribution in [0.2, 0.25) is 0 Å². The first-order chi connectivity index (χ1) is 20.1. The number of carbonyl (C=O) groups is 1. The number of halogens is 1. The fraction of sp³-hybridized carbons (Fsp3) is 0.172. The lowest BCUT2D eigenvalue weighted by atomic mass is 10.1. The van der Waals surface area contributed by atoms with E-state index >= 15 is 0 Å². The number of aryl methyl sites for hydroxylation is 1. The van der Waals surface area contributed by atoms with Crippen molar-refractivity contribution in [3.8, 4) is 28.4 Å². The van der Waals surface area contributed by atoms with E-state index in [2.05, 4.69) is 31.2 Å². The highest BCUT2D eigenvalue weighted by Crippen LogP contribution is 2.32. The van der Waals surface area contributed by atoms with Gasteiger partial charge in [0.05, 0.1) is 47.2 Å². The second kappa shape index (κ2) is 12.3. The predicted octanol–water partition coefficient (Wildman–Crippen LogP) is 4.40. The number of anilines is 1. The Hall–Kier alpha value is -4.33. The molecule has 0 saturated carbocycles. The molecule has 3 heterocycles. The molecule has 0 aliphatic carbocycles. The van der Waals surface area contributed by atoms with Crippen LogP contribution in [0.25, 0.3) is 33.5 Å². The van der Waals surface area contributed by atoms with E-state index < -0.39 is 15.9 Å². The van der Waals surface area contributed by atoms with Crippen LogP contribution in [0.4, 0.5) is 5.69 Å². The number of ether oxygens (including phenoxy) is 1. The molecular formula is C29H28BrN7O4S. The smallest absolute Gasteiger partial charge is 0.265 e. The van der Waals surface area contributed by atoms with E-state index in [1.165, 1.54) is 0 Å². The number of fused-ring (bicyclic) bond motifs is 1. The van der Waals surface area contributed by atoms with Crippen LogP contribution in [0.15, 0.2) is 71.3 Å². The lowest BCUT2D eigenvalue weighted by Gasteiger charge is -2.09. The zero-order chi connectivity index (χ0) is 29.9. The van der Waals surface area contributed by atoms with E-state index in [0.717, 1.165) is 39.8 Å². The fourth-order valence-corrected chi connectivity index (χ4v) is 5.19. The van der Waals surface area contributed by atoms with Gasteiger partial charge in [-0.3, -0.25) is 14.8 Å². The first kappa shape index (κ1) is 29.2. The second-order valence-corrected chi connectivity index (χ2v) is 12.1. The van der Waals surface area contributed by atoms with E-state index in [9.17, 15) is 13.2 Å². The number of amides is 1. The quantitative estimate of drug-likeness (QED) is 0.172. The molecule has 0 saturated heterocycles. The highest BCUT2D eigenvalue weighted by molar-refractivity contribution is 9.10. The molecule has 0 bridgehead atoms. The van der Waals surface area contributed by atoms with Crippen LogP contribution >= 0.6 is 15.9 Å². The minimum atomic E-state index is -3.71. The number of rotatable bonds is 10. The summed E-state index contributed by atoms with van der Waals surface area (Å²) in [5, 5.41) is 4.15. The summed E-state index contributed by atoms with van der Waals surface area (Å²) in [5.74, 6) is 0.534. The lowest BCUT2D eigenvalue weighted by molar-refractivity contribution is 0.0981. The van der Waals surface area contributed by atoms with Gasteiger partial charge < -0.3 is 20.8 Å². The average molecular weight is 651 g/mol. The SMILES string of the molecule is Cc1cccc(-c2[nH]c(CNc3ccc(Br)c(C(=O)NS(C)(=O)=O)c3)nc2-c2ccc3ncc(OCCN)cc3c2)n1. The minimum absolute atomic E-state index is 0.176. The van der Waals surface area contributed by atoms with Gasteiger partial charge in [0.25, 0.3) is 5.91 Å². The number of nitrogens with one attached hydrogen (secondary N) is 3. The van der Waals surface area contributed by atoms with E-state index in [-0.39, 0.29) is 5.56 Å². The van der Waals surface area contributed by atoms with Gasteiger partial charge in [-0.25, -0.2) is 18.1 Å². The van der Waals surface area contributed by atoms with Gasteiger partial charge in [-0.05, 0) is 71.4 Å². The Morgan fingerprint density at radius 3 is 2.69 bits per heavy atom. The summed E-state index contributed by atoms with van der Waals surface area (Å²) in [6.45, 7) is 3.02. The Balaban J connectivity index is 1.48. The van der Waals surface area contributed by atoms with Crippen molar-refractivity contribution < 1.29 is 17.9 Å². The maximum Gasteiger partial charge on any atom is 0.265 e. The van der Waals surface area contributed by atoms with Crippen LogP contribution in [0.5, 0.6) is 5.75 Å². The number of aromatic nitrogens is 4. The number of sulfonamides is 1. The first-order valence-corrected chi connectivity index (χ1v) is 15.6. The summed E-state index contributed by atoms with van der Waals surface area (Å²) >= 11 is 3.31. The van der Waals surface area contributed by atoms with Gasteiger partial charge in [-0.15, -0.1) is 0 Å². The monoisotopic (exact) mass is 649 g/mol. The number of H-pyrrole nitrogens is 1. The molecule has 42 heavy (non-hydrogen) atoms. The van der Waals surface area contributed by atoms with Crippen molar-refractivity contribution in [1.29, 1.82) is 0 Å². The molecule has 13 heteroatoms. The molecule has 216 valence electrons. The largest absolute Gasteiger partial charge is 0.491 e. The van der Waals surface area contributed by atoms with Crippen LogP contribution in [-0.4, -0.2) is 53.7 Å². The summed E-state index contributed by atoms with van der Waals surface area (Å²) < 4.78 is 31.2. The summed E-state index contributed by atoms with van der Waals surface area (Å²) in [4.78, 5) is 30.0. The zero-order valence-electron chi connectivity index (χ0n) is 22.8. The van der Waals surface area contributed by atoms with Gasteiger partial charge in [-0.2, -0.15) is 0 Å². The normalized spacial score (nSPS) is 11.4. The van der Waals surface area contributed by atoms with Gasteiger partial charge in [0.1, 0.15) is 18.2 Å². The van der Waals surface area contributed by atoms with Gasteiger partial charge >= 0.3 is 0 Å². The molecule has 11 nitrogen and oxygen atoms in total. The van der Waals surface area contributed by atoms with Gasteiger partial charge in [0.2, 0.25) is 10.0 Å². The third-order valence-corrected chi connectivity index (χ3v) is 7.41. The first-order valence-electron chi connectivity index (χ1n) is 12.9. The van der Waals surface area contributed by atoms with Crippen LogP contribution < -0.4 is 20.5 Å². The third-order valence-electron chi connectivity index (χ3n) is 6.16. The highest BCUT2D eigenvalue weighted by Gasteiger charge is 2.18. The maximum atomic E-state index is 12.5. The molecule has 5 N–H and O–H groups in total. The van der Waals surface area contributed by atoms with Gasteiger partial charge in [0.15, 0.2) is 0 Å². The molecule has 0 unspecified atom stereocenters. The number of nitrogens with two attached hydrogens (primary N) is 1. The molecule has 0 fully saturated rings. The lowest BCUT2D eigenvalue weighted by Crippen LogP contribution is -2.29. The molecule has 1 amide bonds. The van der Waals surface area contributed by atoms with E-state index in [1.54, 1.807) is 24.4 Å². The number of nitrogens with zero attached hydrogens (tertiary/aromatic N) is 3. The molecule has 0 spiro atoms. The second-order valence-electron chi connectivity index (χ2n) is 9.54. The Morgan fingerprint density at radius 1 is 1.10 bits per heavy atom. The Bertz CT molecular complexity index is 1890. The van der Waals surface area contributed by atoms with Crippen molar-refractivity contribution in [2.45, 2.75) is 13.5 Å². The zero-order valence-corrected chi connectivity index (χ0v) is 25.2. The van der Waals surface area contributed by atoms with E-state index in [4.69, 9.17) is 20.4 Å². The molecule has 0 atom stereocenters. The number of carbonyl (C=O) groups excluding carboxylic acids is 1. The van der Waals surface area contributed by atoms with Crippen LogP contribution in [0.3, 0.4) is 0 Å². The van der Waals surface area contributed by atoms with Crippen molar-refractivity contribution in [3.63, 3.8) is 0 Å². The molecule has 0 radical (unpaired) electrons. The summed E-state index contributed by atoms with van der Waals surface area (Å²) in [7, 11) is -3.71. The topological polar surface area (TPSA) is 165 Å². The van der Waals surface area contributed by atoms with Crippen molar-refractivity contribution in [2.75, 3.05) is 24.7 Å². The van der Waals surface area contributed by atoms with Crippen molar-refractivity contribution in [3.05, 3.63) is 88.4 Å². The Labute approximate surface area is 251 Å². The fourth-order valence-electron chi connectivity index (χ4n) is 4.32. The Morgan fingerprint density at radius 2 is 1.93 bits per heavy atom. The van der Waals surface area contributed by atoms with Crippen LogP contribution in [0, 0.1) is 6.92 Å². The number of imidazole rings is 1. The van der Waals surface area contributed by atoms with E-state index in [0.29, 0.717) is 47.1 Å². The molecular weight excluding hydrogens is 622 g/mol. The maximum absolute atomic E-state index is 12.5. The average Bonchev–Trinajstić information content (AvgIpc) is 3.38. The van der Waals surface area contributed by atoms with Crippen LogP contribution in [-0.2, 0) is 16.6 Å². The standard InChI is InChI=1S/C29H28BrN7O4S/c1-17-4-3-5-25(34-17)28-27(18-6-9-24-19(12-18)13-21(15-33-24)41-11-10-31)35-26(36-28)16-32-20-7-8-23(30)22(14-20)29(38)37-42(2,39)40/h3-9,12-15,32H,10-11,16,31H2,1-2H3,(H,35,36)(H,37,38). The molecule has 5 aromatic rings. The molecule has 0 aliphatic heterocycles. The van der Waals surface area contributed by atoms with Crippen LogP contribution in [0.1, 0.15) is 21.9 Å². The molecule has 5 rings (SSSR count). The number of aromatic amines is 1.